The van der Waals surface area contributed by atoms with E-state index in [-0.39, 0.29) is 11.7 Å². The number of amides is 1. The maximum Gasteiger partial charge on any atom is 0.254 e. The van der Waals surface area contributed by atoms with Gasteiger partial charge in [0.05, 0.1) is 0 Å². The molecule has 25 heavy (non-hydrogen) atoms. The van der Waals surface area contributed by atoms with Crippen molar-refractivity contribution in [2.75, 3.05) is 32.7 Å². The summed E-state index contributed by atoms with van der Waals surface area (Å²) in [6.07, 6.45) is 0.474. The number of Topliss-reactive ketones (excluding diaryl/α,β-unsaturated/α-hetero) is 1. The van der Waals surface area contributed by atoms with Crippen LogP contribution in [-0.4, -0.2) is 54.2 Å². The van der Waals surface area contributed by atoms with Crippen LogP contribution in [0.5, 0.6) is 0 Å². The second kappa shape index (κ2) is 8.03. The maximum absolute atomic E-state index is 13.3. The molecule has 5 heteroatoms. The molecule has 0 saturated carbocycles. The van der Waals surface area contributed by atoms with Crippen molar-refractivity contribution >= 4 is 11.7 Å². The van der Waals surface area contributed by atoms with E-state index < -0.39 is 5.82 Å². The fourth-order valence-corrected chi connectivity index (χ4v) is 3.01. The molecular formula is C20H21FN2O2. The zero-order valence-corrected chi connectivity index (χ0v) is 14.0. The van der Waals surface area contributed by atoms with Gasteiger partial charge in [-0.2, -0.15) is 0 Å². The zero-order valence-electron chi connectivity index (χ0n) is 14.0. The van der Waals surface area contributed by atoms with Crippen molar-refractivity contribution in [2.45, 2.75) is 6.42 Å². The Balaban J connectivity index is 1.47. The molecule has 0 spiro atoms. The van der Waals surface area contributed by atoms with Gasteiger partial charge in [-0.25, -0.2) is 4.39 Å². The number of ketones is 1. The van der Waals surface area contributed by atoms with Gasteiger partial charge in [0.15, 0.2) is 5.78 Å². The number of hydrogen-bond acceptors (Lipinski definition) is 3. The van der Waals surface area contributed by atoms with Crippen LogP contribution < -0.4 is 0 Å². The van der Waals surface area contributed by atoms with Crippen molar-refractivity contribution in [1.29, 1.82) is 0 Å². The molecule has 1 heterocycles. The van der Waals surface area contributed by atoms with Crippen molar-refractivity contribution in [3.63, 3.8) is 0 Å². The molecule has 1 saturated heterocycles. The number of nitrogens with zero attached hydrogens (tertiary/aromatic N) is 2. The summed E-state index contributed by atoms with van der Waals surface area (Å²) in [5.74, 6) is -0.401. The van der Waals surface area contributed by atoms with Crippen LogP contribution >= 0.6 is 0 Å². The number of rotatable bonds is 5. The lowest BCUT2D eigenvalue weighted by atomic mass is 10.1. The van der Waals surface area contributed by atoms with Crippen LogP contribution in [0.15, 0.2) is 54.6 Å². The van der Waals surface area contributed by atoms with E-state index in [0.717, 1.165) is 18.7 Å². The molecule has 0 N–H and O–H groups in total. The van der Waals surface area contributed by atoms with Gasteiger partial charge < -0.3 is 4.90 Å². The van der Waals surface area contributed by atoms with Gasteiger partial charge in [-0.1, -0.05) is 36.4 Å². The lowest BCUT2D eigenvalue weighted by molar-refractivity contribution is 0.0628. The van der Waals surface area contributed by atoms with E-state index in [9.17, 15) is 14.0 Å². The molecule has 0 bridgehead atoms. The van der Waals surface area contributed by atoms with E-state index in [4.69, 9.17) is 0 Å². The van der Waals surface area contributed by atoms with Gasteiger partial charge in [0, 0.05) is 50.3 Å². The van der Waals surface area contributed by atoms with E-state index in [0.29, 0.717) is 31.6 Å². The minimum absolute atomic E-state index is 0.138. The molecule has 0 aromatic heterocycles. The Kier molecular flexibility index (Phi) is 5.56. The normalized spacial score (nSPS) is 15.2. The van der Waals surface area contributed by atoms with Crippen LogP contribution in [0.25, 0.3) is 0 Å². The van der Waals surface area contributed by atoms with E-state index in [1.54, 1.807) is 17.0 Å². The Labute approximate surface area is 146 Å². The van der Waals surface area contributed by atoms with Crippen LogP contribution in [-0.2, 0) is 0 Å². The largest absolute Gasteiger partial charge is 0.336 e. The van der Waals surface area contributed by atoms with Crippen molar-refractivity contribution in [2.24, 2.45) is 0 Å². The number of halogens is 1. The lowest BCUT2D eigenvalue weighted by Gasteiger charge is -2.34. The number of benzene rings is 2. The fraction of sp³-hybridized carbons (Fsp3) is 0.300. The average Bonchev–Trinajstić information content (AvgIpc) is 2.66. The van der Waals surface area contributed by atoms with E-state index in [2.05, 4.69) is 4.90 Å². The molecule has 3 rings (SSSR count). The summed E-state index contributed by atoms with van der Waals surface area (Å²) in [7, 11) is 0. The van der Waals surface area contributed by atoms with Crippen LogP contribution in [0.3, 0.4) is 0 Å². The first-order valence-corrected chi connectivity index (χ1v) is 8.49. The molecule has 4 nitrogen and oxygen atoms in total. The molecule has 1 amide bonds. The summed E-state index contributed by atoms with van der Waals surface area (Å²) in [4.78, 5) is 28.5. The first-order chi connectivity index (χ1) is 12.1. The topological polar surface area (TPSA) is 40.6 Å². The molecule has 0 unspecified atom stereocenters. The van der Waals surface area contributed by atoms with E-state index in [1.807, 2.05) is 30.3 Å². The van der Waals surface area contributed by atoms with E-state index >= 15 is 0 Å². The number of carbonyl (C=O) groups is 2. The highest BCUT2D eigenvalue weighted by molar-refractivity contribution is 5.96. The van der Waals surface area contributed by atoms with Gasteiger partial charge in [0.1, 0.15) is 5.82 Å². The lowest BCUT2D eigenvalue weighted by Crippen LogP contribution is -2.49. The Morgan fingerprint density at radius 3 is 2.24 bits per heavy atom. The number of piperazine rings is 1. The highest BCUT2D eigenvalue weighted by Crippen LogP contribution is 2.11. The smallest absolute Gasteiger partial charge is 0.254 e. The summed E-state index contributed by atoms with van der Waals surface area (Å²) >= 11 is 0. The van der Waals surface area contributed by atoms with Crippen LogP contribution in [0.4, 0.5) is 4.39 Å². The standard InChI is InChI=1S/C20H21FN2O2/c21-18-8-4-7-17(15-18)20(25)23-13-11-22(12-14-23)10-9-19(24)16-5-2-1-3-6-16/h1-8,15H,9-14H2. The van der Waals surface area contributed by atoms with Crippen LogP contribution in [0, 0.1) is 5.82 Å². The molecule has 0 radical (unpaired) electrons. The number of carbonyl (C=O) groups excluding carboxylic acids is 2. The van der Waals surface area contributed by atoms with Crippen molar-refractivity contribution in [3.8, 4) is 0 Å². The summed E-state index contributed by atoms with van der Waals surface area (Å²) in [6.45, 7) is 3.33. The Morgan fingerprint density at radius 1 is 0.880 bits per heavy atom. The third kappa shape index (κ3) is 4.51. The Bertz CT molecular complexity index is 740. The van der Waals surface area contributed by atoms with E-state index in [1.165, 1.54) is 12.1 Å². The average molecular weight is 340 g/mol. The Hall–Kier alpha value is -2.53. The molecule has 1 fully saturated rings. The summed E-state index contributed by atoms with van der Waals surface area (Å²) < 4.78 is 13.3. The summed E-state index contributed by atoms with van der Waals surface area (Å²) in [5.41, 5.74) is 1.12. The second-order valence-corrected chi connectivity index (χ2v) is 6.18. The molecule has 0 atom stereocenters. The van der Waals surface area contributed by atoms with Gasteiger partial charge in [0.2, 0.25) is 0 Å². The molecular weight excluding hydrogens is 319 g/mol. The second-order valence-electron chi connectivity index (χ2n) is 6.18. The highest BCUT2D eigenvalue weighted by atomic mass is 19.1. The third-order valence-corrected chi connectivity index (χ3v) is 4.48. The molecule has 1 aliphatic heterocycles. The van der Waals surface area contributed by atoms with Crippen LogP contribution in [0.2, 0.25) is 0 Å². The predicted octanol–water partition coefficient (Wildman–Crippen LogP) is 2.86. The van der Waals surface area contributed by atoms with Crippen molar-refractivity contribution < 1.29 is 14.0 Å². The van der Waals surface area contributed by atoms with Crippen molar-refractivity contribution in [3.05, 3.63) is 71.5 Å². The van der Waals surface area contributed by atoms with Gasteiger partial charge in [0.25, 0.3) is 5.91 Å². The minimum Gasteiger partial charge on any atom is -0.336 e. The summed E-state index contributed by atoms with van der Waals surface area (Å²) in [5, 5.41) is 0. The van der Waals surface area contributed by atoms with Gasteiger partial charge in [-0.15, -0.1) is 0 Å². The first-order valence-electron chi connectivity index (χ1n) is 8.49. The first kappa shape index (κ1) is 17.3. The molecule has 130 valence electrons. The zero-order chi connectivity index (χ0) is 17.6. The van der Waals surface area contributed by atoms with Gasteiger partial charge in [-0.05, 0) is 18.2 Å². The minimum atomic E-state index is -0.399. The SMILES string of the molecule is O=C(CCN1CCN(C(=O)c2cccc(F)c2)CC1)c1ccccc1. The molecule has 1 aliphatic rings. The quantitative estimate of drug-likeness (QED) is 0.786. The highest BCUT2D eigenvalue weighted by Gasteiger charge is 2.22. The molecule has 2 aromatic rings. The molecule has 0 aliphatic carbocycles. The third-order valence-electron chi connectivity index (χ3n) is 4.48. The summed E-state index contributed by atoms with van der Waals surface area (Å²) in [6, 6.07) is 15.1. The van der Waals surface area contributed by atoms with Gasteiger partial charge >= 0.3 is 0 Å². The van der Waals surface area contributed by atoms with Crippen molar-refractivity contribution in [1.82, 2.24) is 9.80 Å². The van der Waals surface area contributed by atoms with Gasteiger partial charge in [-0.3, -0.25) is 14.5 Å². The maximum atomic E-state index is 13.3. The number of hydrogen-bond donors (Lipinski definition) is 0. The predicted molar refractivity (Wildman–Crippen MR) is 94.1 cm³/mol. The van der Waals surface area contributed by atoms with Crippen LogP contribution in [0.1, 0.15) is 27.1 Å². The Morgan fingerprint density at radius 2 is 1.56 bits per heavy atom. The monoisotopic (exact) mass is 340 g/mol. The fourth-order valence-electron chi connectivity index (χ4n) is 3.01. The molecule has 2 aromatic carbocycles.